The van der Waals surface area contributed by atoms with Crippen LogP contribution >= 0.6 is 11.6 Å². The second-order valence-electron chi connectivity index (χ2n) is 9.79. The molecular weight excluding hydrogens is 452 g/mol. The van der Waals surface area contributed by atoms with Gasteiger partial charge in [0.05, 0.1) is 11.4 Å². The van der Waals surface area contributed by atoms with Crippen molar-refractivity contribution in [2.45, 2.75) is 64.4 Å². The summed E-state index contributed by atoms with van der Waals surface area (Å²) in [5.41, 5.74) is 9.62. The lowest BCUT2D eigenvalue weighted by molar-refractivity contribution is 0.171. The van der Waals surface area contributed by atoms with E-state index >= 15 is 0 Å². The predicted molar refractivity (Wildman–Crippen MR) is 132 cm³/mol. The molecule has 1 aliphatic carbocycles. The Morgan fingerprint density at radius 3 is 2.62 bits per heavy atom. The number of aryl methyl sites for hydroxylation is 1. The van der Waals surface area contributed by atoms with Crippen LogP contribution in [0.2, 0.25) is 5.02 Å². The normalized spacial score (nSPS) is 21.5. The zero-order valence-electron chi connectivity index (χ0n) is 19.6. The van der Waals surface area contributed by atoms with Crippen molar-refractivity contribution < 1.29 is 9.84 Å². The van der Waals surface area contributed by atoms with Gasteiger partial charge in [0.1, 0.15) is 11.4 Å². The second-order valence-corrected chi connectivity index (χ2v) is 10.2. The van der Waals surface area contributed by atoms with Crippen molar-refractivity contribution in [1.82, 2.24) is 20.2 Å². The molecule has 34 heavy (non-hydrogen) atoms. The average Bonchev–Trinajstić information content (AvgIpc) is 3.17. The number of anilines is 1. The highest BCUT2D eigenvalue weighted by Crippen LogP contribution is 2.42. The van der Waals surface area contributed by atoms with Gasteiger partial charge in [0.15, 0.2) is 11.5 Å². The summed E-state index contributed by atoms with van der Waals surface area (Å²) in [7, 11) is 0. The molecule has 3 heterocycles. The van der Waals surface area contributed by atoms with E-state index in [0.29, 0.717) is 35.0 Å². The van der Waals surface area contributed by atoms with Crippen molar-refractivity contribution >= 4 is 28.8 Å². The third-order valence-corrected chi connectivity index (χ3v) is 7.14. The monoisotopic (exact) mass is 480 g/mol. The molecule has 4 N–H and O–H groups in total. The maximum Gasteiger partial charge on any atom is 0.246 e. The van der Waals surface area contributed by atoms with E-state index in [1.807, 2.05) is 19.9 Å². The van der Waals surface area contributed by atoms with Gasteiger partial charge in [-0.05, 0) is 76.3 Å². The molecule has 1 aromatic carbocycles. The van der Waals surface area contributed by atoms with Gasteiger partial charge in [-0.25, -0.2) is 15.1 Å². The molecule has 8 nitrogen and oxygen atoms in total. The minimum atomic E-state index is -0.691. The molecule has 0 amide bonds. The lowest BCUT2D eigenvalue weighted by Gasteiger charge is -2.33. The first-order chi connectivity index (χ1) is 16.2. The van der Waals surface area contributed by atoms with Gasteiger partial charge in [-0.2, -0.15) is 10.1 Å². The first kappa shape index (κ1) is 22.7. The van der Waals surface area contributed by atoms with E-state index in [1.165, 1.54) is 5.56 Å². The van der Waals surface area contributed by atoms with Crippen LogP contribution in [0, 0.1) is 12.8 Å². The Morgan fingerprint density at radius 2 is 1.94 bits per heavy atom. The van der Waals surface area contributed by atoms with Crippen LogP contribution in [-0.2, 0) is 6.42 Å². The fraction of sp³-hybridized carbons (Fsp3) is 0.440. The first-order valence-corrected chi connectivity index (χ1v) is 12.0. The molecule has 1 saturated carbocycles. The van der Waals surface area contributed by atoms with Crippen molar-refractivity contribution in [2.75, 3.05) is 5.73 Å². The summed E-state index contributed by atoms with van der Waals surface area (Å²) >= 11 is 6.81. The summed E-state index contributed by atoms with van der Waals surface area (Å²) in [4.78, 5) is 13.4. The van der Waals surface area contributed by atoms with Gasteiger partial charge in [-0.1, -0.05) is 23.7 Å². The summed E-state index contributed by atoms with van der Waals surface area (Å²) < 4.78 is 6.17. The number of nitrogens with zero attached hydrogens (tertiary/aromatic N) is 4. The Bertz CT molecular complexity index is 1260. The van der Waals surface area contributed by atoms with Crippen molar-refractivity contribution in [2.24, 2.45) is 10.9 Å². The number of aromatic hydroxyl groups is 1. The lowest BCUT2D eigenvalue weighted by Crippen LogP contribution is -2.41. The topological polar surface area (TPSA) is 122 Å². The zero-order chi connectivity index (χ0) is 24.0. The minimum absolute atomic E-state index is 0.125. The number of fused-ring (bicyclic) bond motifs is 1. The van der Waals surface area contributed by atoms with Gasteiger partial charge in [0.25, 0.3) is 0 Å². The molecule has 2 aromatic heterocycles. The molecule has 3 aromatic rings. The predicted octanol–water partition coefficient (Wildman–Crippen LogP) is 5.26. The number of hydrogen-bond donors (Lipinski definition) is 3. The highest BCUT2D eigenvalue weighted by atomic mass is 35.5. The number of ether oxygens (including phenoxy) is 1. The highest BCUT2D eigenvalue weighted by Gasteiger charge is 2.36. The van der Waals surface area contributed by atoms with Crippen LogP contribution in [0.25, 0.3) is 0 Å². The van der Waals surface area contributed by atoms with Gasteiger partial charge < -0.3 is 15.6 Å². The second kappa shape index (κ2) is 8.58. The molecular formula is C25H29ClN6O2. The van der Waals surface area contributed by atoms with Crippen molar-refractivity contribution in [3.8, 4) is 11.8 Å². The van der Waals surface area contributed by atoms with Crippen molar-refractivity contribution in [3.05, 3.63) is 51.9 Å². The third-order valence-electron chi connectivity index (χ3n) is 6.81. The molecule has 0 atom stereocenters. The van der Waals surface area contributed by atoms with Crippen LogP contribution in [0.15, 0.2) is 29.3 Å². The standard InChI is InChI=1S/C25H29ClN6O2/c1-13-28-23(27)21-24(29-13)34-25(2,3)22(30-21)16-8-9-18(19(26)11-16)15-6-4-14(5-7-15)10-17-12-20(33)32-31-17/h8-9,11-12,14-15H,4-7,10H2,1-3H3,(H2,27,28,29)(H2,31,32,33)/t14-,15-. The fourth-order valence-electron chi connectivity index (χ4n) is 5.12. The summed E-state index contributed by atoms with van der Waals surface area (Å²) in [6.45, 7) is 5.70. The van der Waals surface area contributed by atoms with Crippen LogP contribution in [0.3, 0.4) is 0 Å². The Balaban J connectivity index is 1.34. The maximum atomic E-state index is 9.46. The molecule has 5 rings (SSSR count). The number of aromatic amines is 1. The molecule has 0 bridgehead atoms. The Kier molecular flexibility index (Phi) is 5.72. The number of nitrogens with two attached hydrogens (primary N) is 1. The number of aromatic nitrogens is 4. The van der Waals surface area contributed by atoms with Gasteiger partial charge in [0.2, 0.25) is 11.8 Å². The molecule has 0 spiro atoms. The largest absolute Gasteiger partial charge is 0.494 e. The Morgan fingerprint density at radius 1 is 1.18 bits per heavy atom. The molecule has 1 fully saturated rings. The average molecular weight is 481 g/mol. The first-order valence-electron chi connectivity index (χ1n) is 11.6. The number of benzene rings is 1. The van der Waals surface area contributed by atoms with Crippen LogP contribution in [0.5, 0.6) is 11.8 Å². The minimum Gasteiger partial charge on any atom is -0.494 e. The van der Waals surface area contributed by atoms with E-state index in [4.69, 9.17) is 27.1 Å². The van der Waals surface area contributed by atoms with Crippen LogP contribution in [0.4, 0.5) is 11.5 Å². The van der Waals surface area contributed by atoms with Gasteiger partial charge in [-0.15, -0.1) is 0 Å². The van der Waals surface area contributed by atoms with Crippen LogP contribution in [0.1, 0.15) is 68.1 Å². The van der Waals surface area contributed by atoms with E-state index in [2.05, 4.69) is 32.3 Å². The summed E-state index contributed by atoms with van der Waals surface area (Å²) in [6.07, 6.45) is 5.27. The van der Waals surface area contributed by atoms with Crippen molar-refractivity contribution in [1.29, 1.82) is 0 Å². The summed E-state index contributed by atoms with van der Waals surface area (Å²) in [6, 6.07) is 7.88. The van der Waals surface area contributed by atoms with Gasteiger partial charge in [-0.3, -0.25) is 0 Å². The number of halogens is 1. The number of nitrogens with one attached hydrogen (secondary N) is 1. The van der Waals surface area contributed by atoms with E-state index < -0.39 is 5.60 Å². The van der Waals surface area contributed by atoms with E-state index in [9.17, 15) is 5.11 Å². The molecule has 178 valence electrons. The molecule has 9 heteroatoms. The van der Waals surface area contributed by atoms with E-state index in [0.717, 1.165) is 54.1 Å². The molecule has 0 radical (unpaired) electrons. The quantitative estimate of drug-likeness (QED) is 0.468. The maximum absolute atomic E-state index is 9.46. The number of rotatable bonds is 4. The van der Waals surface area contributed by atoms with Crippen LogP contribution < -0.4 is 10.5 Å². The van der Waals surface area contributed by atoms with E-state index in [1.54, 1.807) is 13.0 Å². The van der Waals surface area contributed by atoms with Gasteiger partial charge in [0, 0.05) is 16.7 Å². The number of nitrogen functional groups attached to an aromatic ring is 1. The van der Waals surface area contributed by atoms with Gasteiger partial charge >= 0.3 is 0 Å². The third kappa shape index (κ3) is 4.34. The Labute approximate surface area is 203 Å². The molecule has 0 saturated heterocycles. The van der Waals surface area contributed by atoms with Crippen LogP contribution in [-0.4, -0.2) is 36.6 Å². The molecule has 1 aliphatic heterocycles. The number of H-pyrrole nitrogens is 1. The molecule has 2 aliphatic rings. The Hall–Kier alpha value is -3.13. The number of aliphatic imine (C=N–C) groups is 1. The van der Waals surface area contributed by atoms with E-state index in [-0.39, 0.29) is 5.88 Å². The number of hydrogen-bond acceptors (Lipinski definition) is 7. The highest BCUT2D eigenvalue weighted by molar-refractivity contribution is 6.32. The lowest BCUT2D eigenvalue weighted by atomic mass is 9.77. The summed E-state index contributed by atoms with van der Waals surface area (Å²) in [5, 5.41) is 17.0. The summed E-state index contributed by atoms with van der Waals surface area (Å²) in [5.74, 6) is 2.39. The SMILES string of the molecule is Cc1nc(N)c2c(n1)OC(C)(C)C(c1ccc([C@H]3CC[C@H](Cc4cc(O)[nH]n4)CC3)c(Cl)c1)=N2. The van der Waals surface area contributed by atoms with Crippen molar-refractivity contribution in [3.63, 3.8) is 0 Å². The zero-order valence-corrected chi connectivity index (χ0v) is 20.4. The fourth-order valence-corrected chi connectivity index (χ4v) is 5.46. The smallest absolute Gasteiger partial charge is 0.246 e. The molecule has 0 unspecified atom stereocenters.